The molecule has 0 bridgehead atoms. The lowest BCUT2D eigenvalue weighted by Gasteiger charge is -2.11. The summed E-state index contributed by atoms with van der Waals surface area (Å²) < 4.78 is 20.2. The number of ether oxygens (including phenoxy) is 1. The number of ketones is 1. The molecule has 0 aromatic carbocycles. The molecule has 0 amide bonds. The summed E-state index contributed by atoms with van der Waals surface area (Å²) in [5, 5.41) is 4.08. The van der Waals surface area contributed by atoms with E-state index in [-0.39, 0.29) is 17.4 Å². The summed E-state index contributed by atoms with van der Waals surface area (Å²) in [4.78, 5) is 16.2. The molecule has 0 aliphatic heterocycles. The zero-order valence-electron chi connectivity index (χ0n) is 10.9. The topological polar surface area (TPSA) is 57.0 Å². The number of pyridine rings is 1. The second kappa shape index (κ2) is 5.17. The lowest BCUT2D eigenvalue weighted by molar-refractivity contribution is 0.101. The van der Waals surface area contributed by atoms with Crippen molar-refractivity contribution in [3.63, 3.8) is 0 Å². The van der Waals surface area contributed by atoms with Gasteiger partial charge in [-0.25, -0.2) is 9.37 Å². The van der Waals surface area contributed by atoms with Crippen LogP contribution < -0.4 is 4.74 Å². The van der Waals surface area contributed by atoms with E-state index < -0.39 is 11.6 Å². The summed E-state index contributed by atoms with van der Waals surface area (Å²) in [7, 11) is 1.44. The van der Waals surface area contributed by atoms with Crippen molar-refractivity contribution < 1.29 is 13.9 Å². The van der Waals surface area contributed by atoms with E-state index in [9.17, 15) is 9.18 Å². The summed E-state index contributed by atoms with van der Waals surface area (Å²) in [5.74, 6) is -0.893. The highest BCUT2D eigenvalue weighted by molar-refractivity contribution is 6.08. The van der Waals surface area contributed by atoms with Gasteiger partial charge in [-0.15, -0.1) is 0 Å². The standard InChI is InChI=1S/C13H14FN3O2/c1-8(2)17-12(10(19-3)7-16-17)13(18)11-9(14)5-4-6-15-11/h4-8H,1-3H3. The van der Waals surface area contributed by atoms with Gasteiger partial charge in [-0.2, -0.15) is 5.10 Å². The maximum atomic E-state index is 13.6. The summed E-state index contributed by atoms with van der Waals surface area (Å²) in [5.41, 5.74) is -0.0294. The third-order valence-electron chi connectivity index (χ3n) is 2.66. The highest BCUT2D eigenvalue weighted by atomic mass is 19.1. The van der Waals surface area contributed by atoms with Crippen molar-refractivity contribution >= 4 is 5.78 Å². The van der Waals surface area contributed by atoms with Crippen LogP contribution in [0.3, 0.4) is 0 Å². The Morgan fingerprint density at radius 2 is 2.21 bits per heavy atom. The molecule has 2 aromatic rings. The first kappa shape index (κ1) is 13.2. The van der Waals surface area contributed by atoms with Crippen molar-refractivity contribution in [3.8, 4) is 5.75 Å². The van der Waals surface area contributed by atoms with Gasteiger partial charge in [-0.1, -0.05) is 0 Å². The van der Waals surface area contributed by atoms with Crippen molar-refractivity contribution in [1.82, 2.24) is 14.8 Å². The largest absolute Gasteiger partial charge is 0.493 e. The van der Waals surface area contributed by atoms with Crippen LogP contribution in [0.1, 0.15) is 36.1 Å². The number of methoxy groups -OCH3 is 1. The number of aromatic nitrogens is 3. The van der Waals surface area contributed by atoms with Crippen LogP contribution in [0.15, 0.2) is 24.5 Å². The Labute approximate surface area is 110 Å². The second-order valence-corrected chi connectivity index (χ2v) is 4.26. The number of nitrogens with zero attached hydrogens (tertiary/aromatic N) is 3. The van der Waals surface area contributed by atoms with Crippen molar-refractivity contribution in [2.24, 2.45) is 0 Å². The van der Waals surface area contributed by atoms with Gasteiger partial charge in [-0.3, -0.25) is 9.48 Å². The Kier molecular flexibility index (Phi) is 3.59. The number of carbonyl (C=O) groups excluding carboxylic acids is 1. The first-order valence-corrected chi connectivity index (χ1v) is 5.83. The first-order valence-electron chi connectivity index (χ1n) is 5.83. The Balaban J connectivity index is 2.55. The summed E-state index contributed by atoms with van der Waals surface area (Å²) >= 11 is 0. The van der Waals surface area contributed by atoms with Crippen LogP contribution in [0.2, 0.25) is 0 Å². The fraction of sp³-hybridized carbons (Fsp3) is 0.308. The minimum Gasteiger partial charge on any atom is -0.493 e. The van der Waals surface area contributed by atoms with Gasteiger partial charge < -0.3 is 4.74 Å². The van der Waals surface area contributed by atoms with Crippen molar-refractivity contribution in [3.05, 3.63) is 41.7 Å². The van der Waals surface area contributed by atoms with Crippen LogP contribution >= 0.6 is 0 Å². The number of hydrogen-bond acceptors (Lipinski definition) is 4. The highest BCUT2D eigenvalue weighted by Crippen LogP contribution is 2.24. The molecule has 0 radical (unpaired) electrons. The molecule has 0 aliphatic rings. The van der Waals surface area contributed by atoms with E-state index in [1.54, 1.807) is 0 Å². The van der Waals surface area contributed by atoms with Gasteiger partial charge >= 0.3 is 0 Å². The maximum Gasteiger partial charge on any atom is 0.236 e. The van der Waals surface area contributed by atoms with Crippen LogP contribution in [0.4, 0.5) is 4.39 Å². The average molecular weight is 263 g/mol. The minimum absolute atomic E-state index is 0.0466. The molecule has 5 nitrogen and oxygen atoms in total. The molecule has 0 spiro atoms. The van der Waals surface area contributed by atoms with E-state index in [4.69, 9.17) is 4.74 Å². The summed E-state index contributed by atoms with van der Waals surface area (Å²) in [6, 6.07) is 2.58. The molecule has 19 heavy (non-hydrogen) atoms. The summed E-state index contributed by atoms with van der Waals surface area (Å²) in [6.45, 7) is 3.75. The number of halogens is 1. The van der Waals surface area contributed by atoms with Crippen LogP contribution in [0.5, 0.6) is 5.75 Å². The van der Waals surface area contributed by atoms with Gasteiger partial charge in [0.25, 0.3) is 0 Å². The van der Waals surface area contributed by atoms with E-state index in [0.29, 0.717) is 5.75 Å². The zero-order valence-corrected chi connectivity index (χ0v) is 10.9. The van der Waals surface area contributed by atoms with E-state index in [1.807, 2.05) is 13.8 Å². The van der Waals surface area contributed by atoms with Crippen LogP contribution in [-0.2, 0) is 0 Å². The maximum absolute atomic E-state index is 13.6. The smallest absolute Gasteiger partial charge is 0.236 e. The second-order valence-electron chi connectivity index (χ2n) is 4.26. The van der Waals surface area contributed by atoms with Crippen molar-refractivity contribution in [1.29, 1.82) is 0 Å². The van der Waals surface area contributed by atoms with Gasteiger partial charge in [0.2, 0.25) is 5.78 Å². The molecule has 2 heterocycles. The van der Waals surface area contributed by atoms with Crippen LogP contribution in [0.25, 0.3) is 0 Å². The van der Waals surface area contributed by atoms with Crippen LogP contribution in [0, 0.1) is 5.82 Å². The minimum atomic E-state index is -0.661. The normalized spacial score (nSPS) is 10.8. The number of rotatable bonds is 4. The molecular weight excluding hydrogens is 249 g/mol. The predicted molar refractivity (Wildman–Crippen MR) is 66.8 cm³/mol. The lowest BCUT2D eigenvalue weighted by Crippen LogP contribution is -2.16. The Morgan fingerprint density at radius 3 is 2.79 bits per heavy atom. The third kappa shape index (κ3) is 2.33. The molecule has 2 aromatic heterocycles. The zero-order chi connectivity index (χ0) is 14.0. The molecule has 0 aliphatic carbocycles. The fourth-order valence-corrected chi connectivity index (χ4v) is 1.77. The Morgan fingerprint density at radius 1 is 1.47 bits per heavy atom. The van der Waals surface area contributed by atoms with Gasteiger partial charge in [-0.05, 0) is 26.0 Å². The Hall–Kier alpha value is -2.24. The molecule has 0 fully saturated rings. The van der Waals surface area contributed by atoms with E-state index in [1.165, 1.54) is 36.3 Å². The molecule has 0 saturated carbocycles. The molecule has 0 saturated heterocycles. The number of hydrogen-bond donors (Lipinski definition) is 0. The van der Waals surface area contributed by atoms with E-state index in [0.717, 1.165) is 0 Å². The summed E-state index contributed by atoms with van der Waals surface area (Å²) in [6.07, 6.45) is 2.81. The molecule has 100 valence electrons. The molecular formula is C13H14FN3O2. The molecule has 0 unspecified atom stereocenters. The van der Waals surface area contributed by atoms with Crippen LogP contribution in [-0.4, -0.2) is 27.7 Å². The fourth-order valence-electron chi connectivity index (χ4n) is 1.77. The highest BCUT2D eigenvalue weighted by Gasteiger charge is 2.25. The number of carbonyl (C=O) groups is 1. The lowest BCUT2D eigenvalue weighted by atomic mass is 10.1. The molecule has 0 atom stereocenters. The molecule has 2 rings (SSSR count). The first-order chi connectivity index (χ1) is 9.06. The van der Waals surface area contributed by atoms with Gasteiger partial charge in [0.1, 0.15) is 5.69 Å². The Bertz CT molecular complexity index is 608. The monoisotopic (exact) mass is 263 g/mol. The predicted octanol–water partition coefficient (Wildman–Crippen LogP) is 2.24. The molecule has 6 heteroatoms. The van der Waals surface area contributed by atoms with Gasteiger partial charge in [0.05, 0.1) is 13.3 Å². The quantitative estimate of drug-likeness (QED) is 0.794. The van der Waals surface area contributed by atoms with Crippen molar-refractivity contribution in [2.45, 2.75) is 19.9 Å². The van der Waals surface area contributed by atoms with Gasteiger partial charge in [0, 0.05) is 12.2 Å². The van der Waals surface area contributed by atoms with E-state index in [2.05, 4.69) is 10.1 Å². The third-order valence-corrected chi connectivity index (χ3v) is 2.66. The van der Waals surface area contributed by atoms with Gasteiger partial charge in [0.15, 0.2) is 17.3 Å². The van der Waals surface area contributed by atoms with Crippen molar-refractivity contribution in [2.75, 3.05) is 7.11 Å². The van der Waals surface area contributed by atoms with E-state index >= 15 is 0 Å². The molecule has 0 N–H and O–H groups in total. The average Bonchev–Trinajstić information content (AvgIpc) is 2.82. The SMILES string of the molecule is COc1cnn(C(C)C)c1C(=O)c1ncccc1F.